The number of carbonyl (C=O) groups is 1. The number of hydrogen-bond donors (Lipinski definition) is 2. The lowest BCUT2D eigenvalue weighted by Crippen LogP contribution is -2.49. The highest BCUT2D eigenvalue weighted by atomic mass is 32.2. The third kappa shape index (κ3) is 5.20. The molecule has 2 N–H and O–H groups in total. The smallest absolute Gasteiger partial charge is 0.241 e. The molecule has 1 aromatic heterocycles. The summed E-state index contributed by atoms with van der Waals surface area (Å²) < 4.78 is 29.2. The molecule has 154 valence electrons. The molecule has 0 aliphatic heterocycles. The number of sulfonamides is 1. The van der Waals surface area contributed by atoms with Gasteiger partial charge in [-0.25, -0.2) is 13.4 Å². The zero-order valence-electron chi connectivity index (χ0n) is 16.9. The van der Waals surface area contributed by atoms with Gasteiger partial charge in [0.15, 0.2) is 0 Å². The monoisotopic (exact) mass is 431 g/mol. The van der Waals surface area contributed by atoms with Gasteiger partial charge in [0.1, 0.15) is 6.04 Å². The molecule has 1 amide bonds. The summed E-state index contributed by atoms with van der Waals surface area (Å²) in [5.41, 5.74) is 2.86. The molecule has 0 bridgehead atoms. The second kappa shape index (κ2) is 8.61. The number of nitrogens with one attached hydrogen (secondary N) is 2. The van der Waals surface area contributed by atoms with Crippen LogP contribution in [0.5, 0.6) is 0 Å². The average molecular weight is 432 g/mol. The fraction of sp³-hybridized carbons (Fsp3) is 0.333. The van der Waals surface area contributed by atoms with Gasteiger partial charge in [-0.1, -0.05) is 43.7 Å². The maximum absolute atomic E-state index is 12.9. The Kier molecular flexibility index (Phi) is 6.36. The molecular formula is C21H25N3O3S2. The van der Waals surface area contributed by atoms with Crippen molar-refractivity contribution < 1.29 is 13.2 Å². The number of aromatic nitrogens is 1. The molecule has 3 rings (SSSR count). The summed E-state index contributed by atoms with van der Waals surface area (Å²) in [7, 11) is -3.85. The minimum atomic E-state index is -3.85. The van der Waals surface area contributed by atoms with Gasteiger partial charge in [0.2, 0.25) is 15.9 Å². The zero-order valence-corrected chi connectivity index (χ0v) is 18.5. The van der Waals surface area contributed by atoms with E-state index in [4.69, 9.17) is 0 Å². The predicted molar refractivity (Wildman–Crippen MR) is 116 cm³/mol. The van der Waals surface area contributed by atoms with Crippen LogP contribution in [0, 0.1) is 19.8 Å². The highest BCUT2D eigenvalue weighted by Gasteiger charge is 2.28. The third-order valence-electron chi connectivity index (χ3n) is 4.60. The van der Waals surface area contributed by atoms with E-state index in [0.717, 1.165) is 26.4 Å². The van der Waals surface area contributed by atoms with Gasteiger partial charge in [-0.3, -0.25) is 4.79 Å². The summed E-state index contributed by atoms with van der Waals surface area (Å²) >= 11 is 1.44. The van der Waals surface area contributed by atoms with Crippen molar-refractivity contribution in [2.45, 2.75) is 45.2 Å². The van der Waals surface area contributed by atoms with Crippen LogP contribution in [0.25, 0.3) is 10.2 Å². The van der Waals surface area contributed by atoms with E-state index >= 15 is 0 Å². The van der Waals surface area contributed by atoms with Crippen molar-refractivity contribution in [3.05, 3.63) is 58.6 Å². The van der Waals surface area contributed by atoms with Crippen LogP contribution in [0.4, 0.5) is 0 Å². The largest absolute Gasteiger partial charge is 0.351 e. The van der Waals surface area contributed by atoms with Gasteiger partial charge in [-0.2, -0.15) is 4.72 Å². The molecule has 0 spiro atoms. The molecule has 6 nitrogen and oxygen atoms in total. The standard InChI is InChI=1S/C21H25N3O3S2/c1-13(2)20(21(25)22-12-16-7-5-14(3)6-8-16)24-29(26,27)17-9-10-18-19(11-17)28-15(4)23-18/h5-11,13,20,24H,12H2,1-4H3,(H,22,25)/t20-/m0/s1. The minimum absolute atomic E-state index is 0.130. The maximum atomic E-state index is 12.9. The number of carbonyl (C=O) groups excluding carboxylic acids is 1. The molecule has 0 radical (unpaired) electrons. The van der Waals surface area contributed by atoms with Gasteiger partial charge in [-0.15, -0.1) is 11.3 Å². The fourth-order valence-corrected chi connectivity index (χ4v) is 5.23. The Bertz CT molecular complexity index is 1120. The molecule has 0 fully saturated rings. The fourth-order valence-electron chi connectivity index (χ4n) is 2.92. The van der Waals surface area contributed by atoms with Crippen molar-refractivity contribution in [2.24, 2.45) is 5.92 Å². The van der Waals surface area contributed by atoms with E-state index in [1.807, 2.05) is 52.0 Å². The second-order valence-electron chi connectivity index (χ2n) is 7.41. The lowest BCUT2D eigenvalue weighted by molar-refractivity contribution is -0.123. The van der Waals surface area contributed by atoms with Gasteiger partial charge in [0, 0.05) is 6.54 Å². The quantitative estimate of drug-likeness (QED) is 0.599. The van der Waals surface area contributed by atoms with Crippen LogP contribution in [0.2, 0.25) is 0 Å². The number of thiazole rings is 1. The van der Waals surface area contributed by atoms with Crippen molar-refractivity contribution in [3.63, 3.8) is 0 Å². The first-order chi connectivity index (χ1) is 13.7. The summed E-state index contributed by atoms with van der Waals surface area (Å²) in [5.74, 6) is -0.559. The molecule has 2 aromatic carbocycles. The lowest BCUT2D eigenvalue weighted by atomic mass is 10.0. The molecule has 0 aliphatic carbocycles. The van der Waals surface area contributed by atoms with Crippen molar-refractivity contribution >= 4 is 37.5 Å². The Balaban J connectivity index is 1.75. The summed E-state index contributed by atoms with van der Waals surface area (Å²) in [4.78, 5) is 17.2. The molecular weight excluding hydrogens is 406 g/mol. The molecule has 1 heterocycles. The number of benzene rings is 2. The van der Waals surface area contributed by atoms with E-state index in [0.29, 0.717) is 6.54 Å². The summed E-state index contributed by atoms with van der Waals surface area (Å²) in [6.07, 6.45) is 0. The van der Waals surface area contributed by atoms with Crippen LogP contribution in [-0.2, 0) is 21.4 Å². The molecule has 29 heavy (non-hydrogen) atoms. The van der Waals surface area contributed by atoms with Crippen molar-refractivity contribution in [3.8, 4) is 0 Å². The second-order valence-corrected chi connectivity index (χ2v) is 10.4. The van der Waals surface area contributed by atoms with Crippen molar-refractivity contribution in [1.82, 2.24) is 15.0 Å². The van der Waals surface area contributed by atoms with E-state index in [-0.39, 0.29) is 16.7 Å². The molecule has 0 aliphatic rings. The first-order valence-corrected chi connectivity index (χ1v) is 11.7. The molecule has 1 atom stereocenters. The third-order valence-corrected chi connectivity index (χ3v) is 6.97. The number of nitrogens with zero attached hydrogens (tertiary/aromatic N) is 1. The van der Waals surface area contributed by atoms with Gasteiger partial charge >= 0.3 is 0 Å². The SMILES string of the molecule is Cc1ccc(CNC(=O)[C@@H](NS(=O)(=O)c2ccc3nc(C)sc3c2)C(C)C)cc1. The molecule has 0 saturated heterocycles. The van der Waals surface area contributed by atoms with Crippen LogP contribution < -0.4 is 10.0 Å². The van der Waals surface area contributed by atoms with Gasteiger partial charge < -0.3 is 5.32 Å². The first kappa shape index (κ1) is 21.4. The normalized spacial score (nSPS) is 13.0. The predicted octanol–water partition coefficient (Wildman–Crippen LogP) is 3.53. The van der Waals surface area contributed by atoms with Gasteiger partial charge in [0.25, 0.3) is 0 Å². The number of hydrogen-bond acceptors (Lipinski definition) is 5. The number of aryl methyl sites for hydroxylation is 2. The Morgan fingerprint density at radius 3 is 2.45 bits per heavy atom. The highest BCUT2D eigenvalue weighted by molar-refractivity contribution is 7.89. The van der Waals surface area contributed by atoms with E-state index in [1.165, 1.54) is 17.4 Å². The van der Waals surface area contributed by atoms with Crippen LogP contribution in [0.15, 0.2) is 47.4 Å². The number of amides is 1. The minimum Gasteiger partial charge on any atom is -0.351 e. The first-order valence-electron chi connectivity index (χ1n) is 9.38. The summed E-state index contributed by atoms with van der Waals surface area (Å²) in [6, 6.07) is 11.8. The van der Waals surface area contributed by atoms with E-state index in [1.54, 1.807) is 12.1 Å². The molecule has 0 unspecified atom stereocenters. The number of rotatable bonds is 7. The summed E-state index contributed by atoms with van der Waals surface area (Å²) in [5, 5.41) is 3.71. The van der Waals surface area contributed by atoms with Crippen LogP contribution in [0.1, 0.15) is 30.0 Å². The molecule has 8 heteroatoms. The van der Waals surface area contributed by atoms with Crippen LogP contribution in [-0.4, -0.2) is 25.4 Å². The Hall–Kier alpha value is -2.29. The van der Waals surface area contributed by atoms with Crippen LogP contribution in [0.3, 0.4) is 0 Å². The number of fused-ring (bicyclic) bond motifs is 1. The average Bonchev–Trinajstić information content (AvgIpc) is 3.04. The van der Waals surface area contributed by atoms with Gasteiger partial charge in [-0.05, 0) is 43.5 Å². The van der Waals surface area contributed by atoms with E-state index in [2.05, 4.69) is 15.0 Å². The van der Waals surface area contributed by atoms with E-state index < -0.39 is 16.1 Å². The van der Waals surface area contributed by atoms with Crippen LogP contribution >= 0.6 is 11.3 Å². The highest BCUT2D eigenvalue weighted by Crippen LogP contribution is 2.25. The zero-order chi connectivity index (χ0) is 21.2. The summed E-state index contributed by atoms with van der Waals surface area (Å²) in [6.45, 7) is 7.85. The topological polar surface area (TPSA) is 88.2 Å². The molecule has 3 aromatic rings. The Morgan fingerprint density at radius 2 is 1.79 bits per heavy atom. The van der Waals surface area contributed by atoms with Gasteiger partial charge in [0.05, 0.1) is 20.1 Å². The Labute approximate surface area is 175 Å². The molecule has 0 saturated carbocycles. The Morgan fingerprint density at radius 1 is 1.10 bits per heavy atom. The maximum Gasteiger partial charge on any atom is 0.241 e. The van der Waals surface area contributed by atoms with Crippen molar-refractivity contribution in [1.29, 1.82) is 0 Å². The lowest BCUT2D eigenvalue weighted by Gasteiger charge is -2.21. The van der Waals surface area contributed by atoms with E-state index in [9.17, 15) is 13.2 Å². The van der Waals surface area contributed by atoms with Crippen molar-refractivity contribution in [2.75, 3.05) is 0 Å².